The number of nitrogens with zero attached hydrogens (tertiary/aromatic N) is 1. The summed E-state index contributed by atoms with van der Waals surface area (Å²) in [5, 5.41) is 0. The molecule has 0 N–H and O–H groups in total. The second-order valence-corrected chi connectivity index (χ2v) is 8.16. The molecule has 168 valence electrons. The number of hydrogen-bond acceptors (Lipinski definition) is 6. The van der Waals surface area contributed by atoms with Gasteiger partial charge in [0.05, 0.1) is 38.9 Å². The van der Waals surface area contributed by atoms with Crippen LogP contribution in [-0.2, 0) is 22.5 Å². The van der Waals surface area contributed by atoms with Crippen LogP contribution >= 0.6 is 0 Å². The van der Waals surface area contributed by atoms with E-state index < -0.39 is 0 Å². The number of rotatable bonds is 6. The number of esters is 1. The van der Waals surface area contributed by atoms with Gasteiger partial charge >= 0.3 is 5.97 Å². The average Bonchev–Trinajstić information content (AvgIpc) is 3.25. The highest BCUT2D eigenvalue weighted by molar-refractivity contribution is 6.11. The Balaban J connectivity index is 1.76. The quantitative estimate of drug-likeness (QED) is 0.296. The summed E-state index contributed by atoms with van der Waals surface area (Å²) in [6, 6.07) is 5.88. The van der Waals surface area contributed by atoms with Crippen LogP contribution in [0, 0.1) is 5.82 Å². The summed E-state index contributed by atoms with van der Waals surface area (Å²) in [7, 11) is 4.89. The van der Waals surface area contributed by atoms with E-state index in [9.17, 15) is 14.0 Å². The largest absolute Gasteiger partial charge is 0.492 e. The summed E-state index contributed by atoms with van der Waals surface area (Å²) in [6.45, 7) is 1.32. The molecule has 7 nitrogen and oxygen atoms in total. The van der Waals surface area contributed by atoms with Crippen LogP contribution in [0.1, 0.15) is 27.0 Å². The first-order valence-corrected chi connectivity index (χ1v) is 10.2. The van der Waals surface area contributed by atoms with Crippen molar-refractivity contribution in [2.45, 2.75) is 13.0 Å². The van der Waals surface area contributed by atoms with Gasteiger partial charge in [-0.05, 0) is 29.3 Å². The molecule has 2 aromatic carbocycles. The van der Waals surface area contributed by atoms with Crippen molar-refractivity contribution < 1.29 is 37.4 Å². The minimum Gasteiger partial charge on any atom is -0.492 e. The molecule has 2 aliphatic heterocycles. The number of benzene rings is 2. The highest BCUT2D eigenvalue weighted by atomic mass is 19.1. The monoisotopic (exact) mass is 442 g/mol. The Morgan fingerprint density at radius 1 is 1.12 bits per heavy atom. The minimum atomic E-state index is -0.339. The first-order chi connectivity index (χ1) is 15.3. The number of ether oxygens (including phenoxy) is 4. The lowest BCUT2D eigenvalue weighted by molar-refractivity contribution is -0.917. The Hall–Kier alpha value is -3.39. The number of methoxy groups -OCH3 is 2. The van der Waals surface area contributed by atoms with E-state index in [4.69, 9.17) is 18.9 Å². The highest BCUT2D eigenvalue weighted by Gasteiger charge is 2.40. The maximum absolute atomic E-state index is 13.3. The first-order valence-electron chi connectivity index (χ1n) is 10.2. The van der Waals surface area contributed by atoms with Crippen LogP contribution in [0.2, 0.25) is 0 Å². The predicted molar refractivity (Wildman–Crippen MR) is 114 cm³/mol. The molecule has 0 radical (unpaired) electrons. The molecule has 0 amide bonds. The standard InChI is InChI=1S/C24H25FNO6/c1-26(13-20(28)29-2)11-10-17-18(12-26)22(30-3)24-23(31-14-32-24)21(17)19(27)9-6-15-4-7-16(25)8-5-15/h4-9H,10-14H2,1-3H3/q+1. The molecule has 0 saturated heterocycles. The Kier molecular flexibility index (Phi) is 5.88. The third kappa shape index (κ3) is 4.05. The number of ketones is 1. The molecule has 0 saturated carbocycles. The van der Waals surface area contributed by atoms with Crippen molar-refractivity contribution in [1.82, 2.24) is 0 Å². The lowest BCUT2D eigenvalue weighted by Crippen LogP contribution is -2.51. The van der Waals surface area contributed by atoms with Crippen LogP contribution < -0.4 is 14.2 Å². The molecule has 1 unspecified atom stereocenters. The number of carbonyl (C=O) groups is 2. The first kappa shape index (κ1) is 21.8. The maximum Gasteiger partial charge on any atom is 0.361 e. The second-order valence-electron chi connectivity index (χ2n) is 8.16. The van der Waals surface area contributed by atoms with Crippen LogP contribution in [0.15, 0.2) is 30.3 Å². The van der Waals surface area contributed by atoms with Crippen molar-refractivity contribution in [3.63, 3.8) is 0 Å². The zero-order valence-corrected chi connectivity index (χ0v) is 18.3. The molecule has 0 aromatic heterocycles. The van der Waals surface area contributed by atoms with Crippen LogP contribution in [-0.4, -0.2) is 57.4 Å². The molecule has 32 heavy (non-hydrogen) atoms. The van der Waals surface area contributed by atoms with E-state index in [1.165, 1.54) is 25.3 Å². The molecule has 2 heterocycles. The predicted octanol–water partition coefficient (Wildman–Crippen LogP) is 3.13. The summed E-state index contributed by atoms with van der Waals surface area (Å²) in [6.07, 6.45) is 3.65. The molecule has 0 spiro atoms. The van der Waals surface area contributed by atoms with Gasteiger partial charge in [-0.15, -0.1) is 0 Å². The number of halogens is 1. The zero-order valence-electron chi connectivity index (χ0n) is 18.3. The normalized spacial score (nSPS) is 19.0. The van der Waals surface area contributed by atoms with Crippen molar-refractivity contribution in [2.24, 2.45) is 0 Å². The number of quaternary nitrogens is 1. The van der Waals surface area contributed by atoms with E-state index in [2.05, 4.69) is 0 Å². The van der Waals surface area contributed by atoms with Crippen molar-refractivity contribution >= 4 is 17.8 Å². The van der Waals surface area contributed by atoms with Crippen LogP contribution in [0.25, 0.3) is 6.08 Å². The van der Waals surface area contributed by atoms with Gasteiger partial charge < -0.3 is 23.4 Å². The topological polar surface area (TPSA) is 71.1 Å². The van der Waals surface area contributed by atoms with Crippen molar-refractivity contribution in [3.8, 4) is 17.2 Å². The molecule has 0 bridgehead atoms. The average molecular weight is 442 g/mol. The van der Waals surface area contributed by atoms with Crippen molar-refractivity contribution in [1.29, 1.82) is 0 Å². The van der Waals surface area contributed by atoms with Gasteiger partial charge in [-0.25, -0.2) is 9.18 Å². The molecular weight excluding hydrogens is 417 g/mol. The van der Waals surface area contributed by atoms with Crippen LogP contribution in [0.5, 0.6) is 17.2 Å². The van der Waals surface area contributed by atoms with E-state index >= 15 is 0 Å². The lowest BCUT2D eigenvalue weighted by atomic mass is 9.89. The lowest BCUT2D eigenvalue weighted by Gasteiger charge is -2.38. The minimum absolute atomic E-state index is 0.00910. The Labute approximate surface area is 185 Å². The van der Waals surface area contributed by atoms with E-state index in [0.29, 0.717) is 52.4 Å². The molecule has 1 atom stereocenters. The summed E-state index contributed by atoms with van der Waals surface area (Å²) in [5.41, 5.74) is 2.81. The Bertz CT molecular complexity index is 1090. The number of likely N-dealkylation sites (N-methyl/N-ethyl adjacent to an activating group) is 1. The summed E-state index contributed by atoms with van der Waals surface area (Å²) < 4.78 is 35.4. The van der Waals surface area contributed by atoms with Gasteiger partial charge in [0.1, 0.15) is 12.4 Å². The van der Waals surface area contributed by atoms with Crippen molar-refractivity contribution in [3.05, 3.63) is 58.4 Å². The summed E-state index contributed by atoms with van der Waals surface area (Å²) in [5.74, 6) is 0.428. The van der Waals surface area contributed by atoms with E-state index in [-0.39, 0.29) is 30.9 Å². The molecule has 8 heteroatoms. The van der Waals surface area contributed by atoms with E-state index in [1.807, 2.05) is 7.05 Å². The molecule has 4 rings (SSSR count). The van der Waals surface area contributed by atoms with Gasteiger partial charge in [0, 0.05) is 6.42 Å². The van der Waals surface area contributed by atoms with Gasteiger partial charge in [0.25, 0.3) is 0 Å². The second kappa shape index (κ2) is 8.63. The zero-order chi connectivity index (χ0) is 22.9. The molecule has 0 fully saturated rings. The summed E-state index contributed by atoms with van der Waals surface area (Å²) >= 11 is 0. The SMILES string of the molecule is COC(=O)C[N+]1(C)CCc2c(c(OC)c3c(c2C(=O)C=Cc2ccc(F)cc2)OCO3)C1. The van der Waals surface area contributed by atoms with Crippen LogP contribution in [0.3, 0.4) is 0 Å². The number of hydrogen-bond donors (Lipinski definition) is 0. The van der Waals surface area contributed by atoms with Gasteiger partial charge in [-0.2, -0.15) is 0 Å². The number of carbonyl (C=O) groups excluding carboxylic acids is 2. The van der Waals surface area contributed by atoms with Crippen molar-refractivity contribution in [2.75, 3.05) is 41.1 Å². The third-order valence-corrected chi connectivity index (χ3v) is 5.91. The third-order valence-electron chi connectivity index (χ3n) is 5.91. The van der Waals surface area contributed by atoms with Crippen LogP contribution in [0.4, 0.5) is 4.39 Å². The fourth-order valence-corrected chi connectivity index (χ4v) is 4.30. The molecular formula is C24H25FNO6+. The van der Waals surface area contributed by atoms with Gasteiger partial charge in [0.15, 0.2) is 23.8 Å². The number of fused-ring (bicyclic) bond motifs is 2. The van der Waals surface area contributed by atoms with Gasteiger partial charge in [-0.3, -0.25) is 4.79 Å². The smallest absolute Gasteiger partial charge is 0.361 e. The van der Waals surface area contributed by atoms with Gasteiger partial charge in [0.2, 0.25) is 12.5 Å². The Morgan fingerprint density at radius 3 is 2.53 bits per heavy atom. The highest BCUT2D eigenvalue weighted by Crippen LogP contribution is 2.50. The Morgan fingerprint density at radius 2 is 1.84 bits per heavy atom. The van der Waals surface area contributed by atoms with E-state index in [0.717, 1.165) is 11.1 Å². The van der Waals surface area contributed by atoms with Gasteiger partial charge in [-0.1, -0.05) is 18.2 Å². The maximum atomic E-state index is 13.3. The fourth-order valence-electron chi connectivity index (χ4n) is 4.30. The molecule has 2 aliphatic rings. The molecule has 0 aliphatic carbocycles. The number of allylic oxidation sites excluding steroid dienone is 1. The van der Waals surface area contributed by atoms with E-state index in [1.54, 1.807) is 25.3 Å². The molecule has 2 aromatic rings. The fraction of sp³-hybridized carbons (Fsp3) is 0.333. The summed E-state index contributed by atoms with van der Waals surface area (Å²) in [4.78, 5) is 25.2.